The molecule has 0 spiro atoms. The van der Waals surface area contributed by atoms with E-state index in [9.17, 15) is 4.79 Å². The highest BCUT2D eigenvalue weighted by Crippen LogP contribution is 2.20. The second kappa shape index (κ2) is 6.56. The highest BCUT2D eigenvalue weighted by molar-refractivity contribution is 6.29. The van der Waals surface area contributed by atoms with Gasteiger partial charge in [-0.3, -0.25) is 10.7 Å². The molecule has 0 bridgehead atoms. The number of halogens is 1. The first-order valence-electron chi connectivity index (χ1n) is 6.10. The molecule has 1 aromatic heterocycles. The van der Waals surface area contributed by atoms with E-state index in [1.54, 1.807) is 27.7 Å². The van der Waals surface area contributed by atoms with E-state index in [1.165, 1.54) is 12.3 Å². The van der Waals surface area contributed by atoms with Gasteiger partial charge in [0.05, 0.1) is 17.9 Å². The molecule has 110 valence electrons. The quantitative estimate of drug-likeness (QED) is 0.508. The van der Waals surface area contributed by atoms with Gasteiger partial charge in [-0.2, -0.15) is 0 Å². The van der Waals surface area contributed by atoms with Gasteiger partial charge in [-0.1, -0.05) is 11.6 Å². The Balaban J connectivity index is 2.95. The van der Waals surface area contributed by atoms with Crippen molar-refractivity contribution in [3.05, 3.63) is 23.0 Å². The number of hydrogen-bond donors (Lipinski definition) is 2. The van der Waals surface area contributed by atoms with Crippen LogP contribution in [0.2, 0.25) is 5.15 Å². The zero-order chi connectivity index (χ0) is 15.3. The van der Waals surface area contributed by atoms with E-state index in [-0.39, 0.29) is 11.1 Å². The maximum atomic E-state index is 11.8. The molecule has 1 rings (SSSR count). The zero-order valence-electron chi connectivity index (χ0n) is 11.9. The molecular weight excluding hydrogens is 282 g/mol. The van der Waals surface area contributed by atoms with Crippen LogP contribution >= 0.6 is 11.6 Å². The molecule has 0 aliphatic rings. The molecule has 1 aromatic rings. The Bertz CT molecular complexity index is 512. The first-order valence-corrected chi connectivity index (χ1v) is 6.48. The molecule has 1 heterocycles. The van der Waals surface area contributed by atoms with E-state index in [1.807, 2.05) is 0 Å². The second-order valence-electron chi connectivity index (χ2n) is 4.94. The molecule has 0 aliphatic heterocycles. The smallest absolute Gasteiger partial charge is 0.412 e. The van der Waals surface area contributed by atoms with Crippen molar-refractivity contribution >= 4 is 29.3 Å². The summed E-state index contributed by atoms with van der Waals surface area (Å²) >= 11 is 5.80. The van der Waals surface area contributed by atoms with Crippen LogP contribution in [0.4, 0.5) is 10.5 Å². The summed E-state index contributed by atoms with van der Waals surface area (Å²) in [5.41, 5.74) is 0.0360. The maximum absolute atomic E-state index is 11.8. The van der Waals surface area contributed by atoms with E-state index < -0.39 is 11.7 Å². The van der Waals surface area contributed by atoms with Gasteiger partial charge in [0.1, 0.15) is 10.8 Å². The van der Waals surface area contributed by atoms with Gasteiger partial charge in [-0.25, -0.2) is 9.78 Å². The van der Waals surface area contributed by atoms with Crippen LogP contribution in [0, 0.1) is 5.41 Å². The average molecular weight is 300 g/mol. The molecule has 0 atom stereocenters. The van der Waals surface area contributed by atoms with Gasteiger partial charge < -0.3 is 9.47 Å². The lowest BCUT2D eigenvalue weighted by Gasteiger charge is -2.20. The number of hydrogen-bond acceptors (Lipinski definition) is 5. The number of pyridine rings is 1. The molecule has 6 nitrogen and oxygen atoms in total. The minimum atomic E-state index is -0.634. The van der Waals surface area contributed by atoms with Crippen molar-refractivity contribution < 1.29 is 14.3 Å². The summed E-state index contributed by atoms with van der Waals surface area (Å²) in [6.07, 6.45) is 0.734. The second-order valence-corrected chi connectivity index (χ2v) is 5.33. The SMILES string of the molecule is CCOC(=N)c1cnc(Cl)cc1NC(=O)OC(C)(C)C. The summed E-state index contributed by atoms with van der Waals surface area (Å²) in [5.74, 6) is -0.0947. The van der Waals surface area contributed by atoms with Crippen molar-refractivity contribution in [3.63, 3.8) is 0 Å². The van der Waals surface area contributed by atoms with Crippen LogP contribution in [0.1, 0.15) is 33.3 Å². The predicted molar refractivity (Wildman–Crippen MR) is 77.6 cm³/mol. The van der Waals surface area contributed by atoms with Crippen LogP contribution in [0.3, 0.4) is 0 Å². The van der Waals surface area contributed by atoms with Gasteiger partial charge in [0.2, 0.25) is 5.90 Å². The minimum Gasteiger partial charge on any atom is -0.478 e. The fourth-order valence-corrected chi connectivity index (χ4v) is 1.51. The van der Waals surface area contributed by atoms with E-state index in [4.69, 9.17) is 26.5 Å². The van der Waals surface area contributed by atoms with Crippen LogP contribution in [-0.4, -0.2) is 29.2 Å². The van der Waals surface area contributed by atoms with Crippen LogP contribution in [-0.2, 0) is 9.47 Å². The molecule has 1 amide bonds. The van der Waals surface area contributed by atoms with Crippen molar-refractivity contribution in [1.82, 2.24) is 4.98 Å². The molecule has 0 fully saturated rings. The molecule has 0 aliphatic carbocycles. The van der Waals surface area contributed by atoms with Crippen molar-refractivity contribution in [1.29, 1.82) is 5.41 Å². The minimum absolute atomic E-state index is 0.0947. The molecule has 20 heavy (non-hydrogen) atoms. The summed E-state index contributed by atoms with van der Waals surface area (Å²) in [6, 6.07) is 1.44. The number of rotatable bonds is 3. The van der Waals surface area contributed by atoms with Gasteiger partial charge in [-0.15, -0.1) is 0 Å². The highest BCUT2D eigenvalue weighted by Gasteiger charge is 2.19. The Morgan fingerprint density at radius 3 is 2.70 bits per heavy atom. The topological polar surface area (TPSA) is 84.3 Å². The number of ether oxygens (including phenoxy) is 2. The summed E-state index contributed by atoms with van der Waals surface area (Å²) in [6.45, 7) is 7.38. The Kier molecular flexibility index (Phi) is 5.33. The summed E-state index contributed by atoms with van der Waals surface area (Å²) in [4.78, 5) is 15.6. The van der Waals surface area contributed by atoms with E-state index >= 15 is 0 Å². The first kappa shape index (κ1) is 16.2. The third-order valence-electron chi connectivity index (χ3n) is 2.04. The fraction of sp³-hybridized carbons (Fsp3) is 0.462. The van der Waals surface area contributed by atoms with Crippen LogP contribution in [0.15, 0.2) is 12.3 Å². The molecule has 0 radical (unpaired) electrons. The number of nitrogens with zero attached hydrogens (tertiary/aromatic N) is 1. The Morgan fingerprint density at radius 1 is 1.50 bits per heavy atom. The van der Waals surface area contributed by atoms with Gasteiger partial charge >= 0.3 is 6.09 Å². The van der Waals surface area contributed by atoms with Crippen molar-refractivity contribution in [2.45, 2.75) is 33.3 Å². The number of nitrogens with one attached hydrogen (secondary N) is 2. The van der Waals surface area contributed by atoms with E-state index in [0.29, 0.717) is 17.9 Å². The summed E-state index contributed by atoms with van der Waals surface area (Å²) in [7, 11) is 0. The van der Waals surface area contributed by atoms with Gasteiger partial charge in [0.15, 0.2) is 0 Å². The molecular formula is C13H18ClN3O3. The Hall–Kier alpha value is -1.82. The van der Waals surface area contributed by atoms with Gasteiger partial charge in [-0.05, 0) is 33.8 Å². The van der Waals surface area contributed by atoms with Crippen LogP contribution < -0.4 is 5.32 Å². The monoisotopic (exact) mass is 299 g/mol. The lowest BCUT2D eigenvalue weighted by molar-refractivity contribution is 0.0636. The predicted octanol–water partition coefficient (Wildman–Crippen LogP) is 3.44. The summed E-state index contributed by atoms with van der Waals surface area (Å²) < 4.78 is 10.3. The van der Waals surface area contributed by atoms with E-state index in [0.717, 1.165) is 0 Å². The summed E-state index contributed by atoms with van der Waals surface area (Å²) in [5, 5.41) is 10.5. The molecule has 7 heteroatoms. The maximum Gasteiger partial charge on any atom is 0.412 e. The standard InChI is InChI=1S/C13H18ClN3O3/c1-5-19-11(15)8-7-16-10(14)6-9(8)17-12(18)20-13(2,3)4/h6-7,15H,5H2,1-4H3,(H,16,17,18). The Labute approximate surface area is 122 Å². The van der Waals surface area contributed by atoms with Crippen molar-refractivity contribution in [2.24, 2.45) is 0 Å². The third kappa shape index (κ3) is 5.05. The Morgan fingerprint density at radius 2 is 2.15 bits per heavy atom. The molecule has 0 saturated carbocycles. The number of carbonyl (C=O) groups excluding carboxylic acids is 1. The number of aromatic nitrogens is 1. The van der Waals surface area contributed by atoms with Gasteiger partial charge in [0.25, 0.3) is 0 Å². The normalized spacial score (nSPS) is 10.8. The highest BCUT2D eigenvalue weighted by atomic mass is 35.5. The fourth-order valence-electron chi connectivity index (χ4n) is 1.35. The molecule has 2 N–H and O–H groups in total. The van der Waals surface area contributed by atoms with Crippen LogP contribution in [0.5, 0.6) is 0 Å². The van der Waals surface area contributed by atoms with E-state index in [2.05, 4.69) is 10.3 Å². The number of carbonyl (C=O) groups is 1. The van der Waals surface area contributed by atoms with Crippen LogP contribution in [0.25, 0.3) is 0 Å². The first-order chi connectivity index (χ1) is 9.23. The van der Waals surface area contributed by atoms with Crippen molar-refractivity contribution in [3.8, 4) is 0 Å². The van der Waals surface area contributed by atoms with Gasteiger partial charge in [0, 0.05) is 6.20 Å². The molecule has 0 saturated heterocycles. The average Bonchev–Trinajstić information content (AvgIpc) is 2.26. The number of amides is 1. The zero-order valence-corrected chi connectivity index (χ0v) is 12.7. The lowest BCUT2D eigenvalue weighted by atomic mass is 10.2. The lowest BCUT2D eigenvalue weighted by Crippen LogP contribution is -2.28. The van der Waals surface area contributed by atoms with Crippen molar-refractivity contribution in [2.75, 3.05) is 11.9 Å². The number of anilines is 1. The molecule has 0 aromatic carbocycles. The third-order valence-corrected chi connectivity index (χ3v) is 2.25. The largest absolute Gasteiger partial charge is 0.478 e. The molecule has 0 unspecified atom stereocenters.